The van der Waals surface area contributed by atoms with Gasteiger partial charge in [0.2, 0.25) is 0 Å². The molecular weight excluding hydrogens is 352 g/mol. The van der Waals surface area contributed by atoms with Gasteiger partial charge in [0.05, 0.1) is 37.5 Å². The molecule has 0 amide bonds. The second kappa shape index (κ2) is 7.37. The lowest BCUT2D eigenvalue weighted by Crippen LogP contribution is -1.98. The summed E-state index contributed by atoms with van der Waals surface area (Å²) in [7, 11) is 3.33. The normalized spacial score (nSPS) is 11.0. The summed E-state index contributed by atoms with van der Waals surface area (Å²) >= 11 is 0. The number of fused-ring (bicyclic) bond motifs is 2. The number of nitrogens with zero attached hydrogens (tertiary/aromatic N) is 1. The summed E-state index contributed by atoms with van der Waals surface area (Å²) < 4.78 is 11.0. The molecule has 1 aromatic heterocycles. The molecule has 1 heterocycles. The summed E-state index contributed by atoms with van der Waals surface area (Å²) in [6, 6.07) is 17.6. The predicted octanol–water partition coefficient (Wildman–Crippen LogP) is 4.95. The van der Waals surface area contributed by atoms with Gasteiger partial charge in [-0.3, -0.25) is 0 Å². The van der Waals surface area contributed by atoms with E-state index < -0.39 is 0 Å². The third-order valence-corrected chi connectivity index (χ3v) is 4.90. The van der Waals surface area contributed by atoms with E-state index in [2.05, 4.69) is 5.32 Å². The van der Waals surface area contributed by atoms with E-state index in [1.165, 1.54) is 0 Å². The lowest BCUT2D eigenvalue weighted by molar-refractivity contribution is 0.282. The summed E-state index contributed by atoms with van der Waals surface area (Å²) in [4.78, 5) is 4.83. The molecule has 0 aliphatic rings. The van der Waals surface area contributed by atoms with Crippen molar-refractivity contribution in [3.63, 3.8) is 0 Å². The predicted molar refractivity (Wildman–Crippen MR) is 113 cm³/mol. The van der Waals surface area contributed by atoms with E-state index in [4.69, 9.17) is 14.5 Å². The minimum atomic E-state index is 0.0229. The minimum Gasteiger partial charge on any atom is -0.497 e. The average Bonchev–Trinajstić information content (AvgIpc) is 2.73. The van der Waals surface area contributed by atoms with Gasteiger partial charge in [0.15, 0.2) is 0 Å². The molecule has 0 saturated heterocycles. The maximum Gasteiger partial charge on any atom is 0.122 e. The van der Waals surface area contributed by atoms with Crippen molar-refractivity contribution in [1.82, 2.24) is 4.98 Å². The fourth-order valence-corrected chi connectivity index (χ4v) is 3.37. The van der Waals surface area contributed by atoms with Gasteiger partial charge in [-0.1, -0.05) is 12.1 Å². The minimum absolute atomic E-state index is 0.0229. The fourth-order valence-electron chi connectivity index (χ4n) is 3.37. The summed E-state index contributed by atoms with van der Waals surface area (Å²) in [5, 5.41) is 14.7. The third-order valence-electron chi connectivity index (χ3n) is 4.90. The highest BCUT2D eigenvalue weighted by Gasteiger charge is 2.13. The molecule has 4 rings (SSSR count). The lowest BCUT2D eigenvalue weighted by Gasteiger charge is -2.16. The van der Waals surface area contributed by atoms with E-state index in [0.29, 0.717) is 0 Å². The van der Waals surface area contributed by atoms with Gasteiger partial charge >= 0.3 is 0 Å². The van der Waals surface area contributed by atoms with Crippen molar-refractivity contribution in [2.45, 2.75) is 13.5 Å². The maximum absolute atomic E-state index is 9.29. The molecule has 0 aliphatic carbocycles. The van der Waals surface area contributed by atoms with Crippen LogP contribution in [0, 0.1) is 6.92 Å². The van der Waals surface area contributed by atoms with Crippen LogP contribution >= 0.6 is 0 Å². The Hall–Kier alpha value is -3.31. The first-order chi connectivity index (χ1) is 13.6. The molecule has 0 fully saturated rings. The van der Waals surface area contributed by atoms with Gasteiger partial charge in [-0.25, -0.2) is 4.98 Å². The van der Waals surface area contributed by atoms with Gasteiger partial charge in [-0.15, -0.1) is 0 Å². The van der Waals surface area contributed by atoms with Crippen molar-refractivity contribution in [3.05, 3.63) is 65.7 Å². The van der Waals surface area contributed by atoms with E-state index in [0.717, 1.165) is 55.8 Å². The van der Waals surface area contributed by atoms with Crippen LogP contribution in [0.5, 0.6) is 11.5 Å². The topological polar surface area (TPSA) is 63.6 Å². The molecule has 0 spiro atoms. The lowest BCUT2D eigenvalue weighted by atomic mass is 10.0. The first-order valence-electron chi connectivity index (χ1n) is 9.06. The molecule has 0 atom stereocenters. The molecule has 0 bridgehead atoms. The molecule has 5 nitrogen and oxygen atoms in total. The number of aromatic nitrogens is 1. The highest BCUT2D eigenvalue weighted by Crippen LogP contribution is 2.37. The van der Waals surface area contributed by atoms with Crippen LogP contribution in [-0.2, 0) is 6.61 Å². The van der Waals surface area contributed by atoms with Gasteiger partial charge in [-0.05, 0) is 60.5 Å². The molecule has 0 saturated carbocycles. The molecule has 28 heavy (non-hydrogen) atoms. The number of hydrogen-bond donors (Lipinski definition) is 2. The molecule has 0 aliphatic heterocycles. The Labute approximate surface area is 163 Å². The third kappa shape index (κ3) is 3.21. The summed E-state index contributed by atoms with van der Waals surface area (Å²) in [5.74, 6) is 1.58. The quantitative estimate of drug-likeness (QED) is 0.484. The number of anilines is 2. The molecule has 4 aromatic rings. The van der Waals surface area contributed by atoms with Crippen molar-refractivity contribution in [3.8, 4) is 11.5 Å². The zero-order chi connectivity index (χ0) is 19.7. The number of aliphatic hydroxyl groups excluding tert-OH is 1. The van der Waals surface area contributed by atoms with Crippen molar-refractivity contribution in [2.75, 3.05) is 19.5 Å². The van der Waals surface area contributed by atoms with Crippen molar-refractivity contribution >= 4 is 33.2 Å². The Bertz CT molecular complexity index is 1150. The maximum atomic E-state index is 9.29. The number of pyridine rings is 1. The number of methoxy groups -OCH3 is 2. The second-order valence-electron chi connectivity index (χ2n) is 6.69. The van der Waals surface area contributed by atoms with Crippen LogP contribution < -0.4 is 14.8 Å². The first-order valence-corrected chi connectivity index (χ1v) is 9.06. The zero-order valence-corrected chi connectivity index (χ0v) is 16.1. The molecule has 0 unspecified atom stereocenters. The first kappa shape index (κ1) is 18.1. The standard InChI is InChI=1S/C23H22N2O3/c1-14-10-21-19(12-22(14)28-3)23(24-16-6-4-15(13-26)5-7-16)18-11-17(27-2)8-9-20(18)25-21/h4-12,26H,13H2,1-3H3,(H,24,25). The molecule has 142 valence electrons. The largest absolute Gasteiger partial charge is 0.497 e. The monoisotopic (exact) mass is 374 g/mol. The molecule has 0 radical (unpaired) electrons. The van der Waals surface area contributed by atoms with Crippen molar-refractivity contribution < 1.29 is 14.6 Å². The smallest absolute Gasteiger partial charge is 0.122 e. The van der Waals surface area contributed by atoms with Gasteiger partial charge in [0.25, 0.3) is 0 Å². The van der Waals surface area contributed by atoms with Crippen molar-refractivity contribution in [2.24, 2.45) is 0 Å². The van der Waals surface area contributed by atoms with Crippen LogP contribution in [0.1, 0.15) is 11.1 Å². The van der Waals surface area contributed by atoms with Crippen LogP contribution in [-0.4, -0.2) is 24.3 Å². The highest BCUT2D eigenvalue weighted by atomic mass is 16.5. The Kier molecular flexibility index (Phi) is 4.75. The molecular formula is C23H22N2O3. The molecule has 2 N–H and O–H groups in total. The second-order valence-corrected chi connectivity index (χ2v) is 6.69. The van der Waals surface area contributed by atoms with Crippen LogP contribution in [0.4, 0.5) is 11.4 Å². The number of ether oxygens (including phenoxy) is 2. The van der Waals surface area contributed by atoms with Crippen LogP contribution in [0.2, 0.25) is 0 Å². The Balaban J connectivity index is 1.98. The number of rotatable bonds is 5. The zero-order valence-electron chi connectivity index (χ0n) is 16.1. The van der Waals surface area contributed by atoms with E-state index in [1.807, 2.05) is 61.5 Å². The van der Waals surface area contributed by atoms with E-state index in [9.17, 15) is 5.11 Å². The molecule has 5 heteroatoms. The fraction of sp³-hybridized carbons (Fsp3) is 0.174. The Morgan fingerprint density at radius 3 is 2.32 bits per heavy atom. The van der Waals surface area contributed by atoms with E-state index in [-0.39, 0.29) is 6.61 Å². The number of aryl methyl sites for hydroxylation is 1. The number of nitrogens with one attached hydrogen (secondary N) is 1. The summed E-state index contributed by atoms with van der Waals surface area (Å²) in [5.41, 5.74) is 5.54. The van der Waals surface area contributed by atoms with E-state index >= 15 is 0 Å². The average molecular weight is 374 g/mol. The van der Waals surface area contributed by atoms with Gasteiger partial charge in [0.1, 0.15) is 11.5 Å². The van der Waals surface area contributed by atoms with E-state index in [1.54, 1.807) is 14.2 Å². The van der Waals surface area contributed by atoms with Gasteiger partial charge in [-0.2, -0.15) is 0 Å². The van der Waals surface area contributed by atoms with Gasteiger partial charge < -0.3 is 19.9 Å². The van der Waals surface area contributed by atoms with Crippen LogP contribution in [0.15, 0.2) is 54.6 Å². The molecule has 3 aromatic carbocycles. The SMILES string of the molecule is COc1ccc2nc3cc(C)c(OC)cc3c(Nc3ccc(CO)cc3)c2c1. The summed E-state index contributed by atoms with van der Waals surface area (Å²) in [6.07, 6.45) is 0. The summed E-state index contributed by atoms with van der Waals surface area (Å²) in [6.45, 7) is 2.04. The van der Waals surface area contributed by atoms with Gasteiger partial charge in [0, 0.05) is 16.5 Å². The highest BCUT2D eigenvalue weighted by molar-refractivity contribution is 6.09. The number of aliphatic hydroxyl groups is 1. The number of benzene rings is 3. The van der Waals surface area contributed by atoms with Crippen LogP contribution in [0.3, 0.4) is 0 Å². The van der Waals surface area contributed by atoms with Crippen molar-refractivity contribution in [1.29, 1.82) is 0 Å². The van der Waals surface area contributed by atoms with Crippen LogP contribution in [0.25, 0.3) is 21.8 Å². The number of hydrogen-bond acceptors (Lipinski definition) is 5. The Morgan fingerprint density at radius 1 is 0.893 bits per heavy atom. The Morgan fingerprint density at radius 2 is 1.64 bits per heavy atom.